The van der Waals surface area contributed by atoms with Crippen LogP contribution < -0.4 is 5.32 Å². The molecule has 1 N–H and O–H groups in total. The third kappa shape index (κ3) is 3.03. The fourth-order valence-electron chi connectivity index (χ4n) is 2.36. The van der Waals surface area contributed by atoms with E-state index in [1.807, 2.05) is 6.20 Å². The Balaban J connectivity index is 1.81. The second-order valence-corrected chi connectivity index (χ2v) is 6.20. The summed E-state index contributed by atoms with van der Waals surface area (Å²) in [6, 6.07) is 0.653. The molecule has 2 rings (SSSR count). The lowest BCUT2D eigenvalue weighted by Gasteiger charge is -2.35. The number of aryl methyl sites for hydroxylation is 1. The molecule has 2 heterocycles. The van der Waals surface area contributed by atoms with Crippen molar-refractivity contribution in [3.63, 3.8) is 0 Å². The van der Waals surface area contributed by atoms with E-state index in [1.54, 1.807) is 11.3 Å². The zero-order valence-electron chi connectivity index (χ0n) is 10.4. The van der Waals surface area contributed by atoms with Crippen LogP contribution in [-0.2, 0) is 6.54 Å². The van der Waals surface area contributed by atoms with Crippen molar-refractivity contribution in [2.45, 2.75) is 32.9 Å². The first-order valence-electron chi connectivity index (χ1n) is 5.98. The number of thiazole rings is 1. The van der Waals surface area contributed by atoms with Gasteiger partial charge in [0, 0.05) is 30.2 Å². The molecule has 0 aromatic carbocycles. The summed E-state index contributed by atoms with van der Waals surface area (Å²) < 4.78 is 0. The van der Waals surface area contributed by atoms with Crippen molar-refractivity contribution in [3.05, 3.63) is 16.1 Å². The molecule has 1 aliphatic rings. The van der Waals surface area contributed by atoms with Gasteiger partial charge in [0.15, 0.2) is 0 Å². The van der Waals surface area contributed by atoms with Crippen molar-refractivity contribution in [1.82, 2.24) is 15.2 Å². The maximum atomic E-state index is 4.39. The highest BCUT2D eigenvalue weighted by atomic mass is 32.1. The van der Waals surface area contributed by atoms with E-state index in [0.29, 0.717) is 6.04 Å². The van der Waals surface area contributed by atoms with E-state index < -0.39 is 0 Å². The SMILES string of the molecule is Cc1cnc(CNC2CCN(C)CC2C)s1. The topological polar surface area (TPSA) is 28.2 Å². The van der Waals surface area contributed by atoms with Crippen LogP contribution >= 0.6 is 11.3 Å². The zero-order chi connectivity index (χ0) is 11.5. The number of nitrogens with zero attached hydrogens (tertiary/aromatic N) is 2. The molecule has 0 radical (unpaired) electrons. The Labute approximate surface area is 102 Å². The summed E-state index contributed by atoms with van der Waals surface area (Å²) in [6.07, 6.45) is 3.21. The minimum absolute atomic E-state index is 0.653. The van der Waals surface area contributed by atoms with Gasteiger partial charge in [-0.15, -0.1) is 11.3 Å². The van der Waals surface area contributed by atoms with Gasteiger partial charge in [-0.25, -0.2) is 4.98 Å². The predicted octanol–water partition coefficient (Wildman–Crippen LogP) is 1.88. The Morgan fingerprint density at radius 2 is 2.44 bits per heavy atom. The van der Waals surface area contributed by atoms with Crippen LogP contribution in [0.15, 0.2) is 6.20 Å². The monoisotopic (exact) mass is 239 g/mol. The Bertz CT molecular complexity index is 337. The molecule has 0 amide bonds. The third-order valence-corrected chi connectivity index (χ3v) is 4.21. The molecule has 2 atom stereocenters. The molecule has 0 aliphatic carbocycles. The standard InChI is InChI=1S/C12H21N3S/c1-9-8-15(3)5-4-11(9)13-7-12-14-6-10(2)16-12/h6,9,11,13H,4-5,7-8H2,1-3H3. The number of nitrogens with one attached hydrogen (secondary N) is 1. The molecule has 90 valence electrons. The lowest BCUT2D eigenvalue weighted by atomic mass is 9.94. The maximum Gasteiger partial charge on any atom is 0.107 e. The summed E-state index contributed by atoms with van der Waals surface area (Å²) in [4.78, 5) is 8.10. The van der Waals surface area contributed by atoms with Gasteiger partial charge in [0.25, 0.3) is 0 Å². The molecule has 0 saturated carbocycles. The van der Waals surface area contributed by atoms with E-state index in [1.165, 1.54) is 29.4 Å². The lowest BCUT2D eigenvalue weighted by molar-refractivity contribution is 0.174. The van der Waals surface area contributed by atoms with Gasteiger partial charge in [-0.2, -0.15) is 0 Å². The number of hydrogen-bond acceptors (Lipinski definition) is 4. The van der Waals surface area contributed by atoms with Gasteiger partial charge >= 0.3 is 0 Å². The second-order valence-electron chi connectivity index (χ2n) is 4.88. The molecule has 0 spiro atoms. The van der Waals surface area contributed by atoms with Crippen LogP contribution in [0.2, 0.25) is 0 Å². The van der Waals surface area contributed by atoms with Gasteiger partial charge < -0.3 is 10.2 Å². The molecule has 16 heavy (non-hydrogen) atoms. The minimum Gasteiger partial charge on any atom is -0.307 e. The molecule has 1 aromatic rings. The maximum absolute atomic E-state index is 4.39. The van der Waals surface area contributed by atoms with Crippen molar-refractivity contribution < 1.29 is 0 Å². The molecule has 1 aromatic heterocycles. The Hall–Kier alpha value is -0.450. The van der Waals surface area contributed by atoms with Crippen LogP contribution in [0.3, 0.4) is 0 Å². The number of piperidine rings is 1. The van der Waals surface area contributed by atoms with Crippen molar-refractivity contribution in [2.75, 3.05) is 20.1 Å². The number of aromatic nitrogens is 1. The molecule has 1 saturated heterocycles. The van der Waals surface area contributed by atoms with E-state index >= 15 is 0 Å². The second kappa shape index (κ2) is 5.25. The van der Waals surface area contributed by atoms with Crippen LogP contribution in [0.5, 0.6) is 0 Å². The average Bonchev–Trinajstić information content (AvgIpc) is 2.63. The van der Waals surface area contributed by atoms with Crippen LogP contribution in [-0.4, -0.2) is 36.1 Å². The Morgan fingerprint density at radius 3 is 3.06 bits per heavy atom. The third-order valence-electron chi connectivity index (χ3n) is 3.29. The lowest BCUT2D eigenvalue weighted by Crippen LogP contribution is -2.46. The van der Waals surface area contributed by atoms with E-state index in [0.717, 1.165) is 12.5 Å². The van der Waals surface area contributed by atoms with Gasteiger partial charge in [-0.3, -0.25) is 0 Å². The number of hydrogen-bond donors (Lipinski definition) is 1. The summed E-state index contributed by atoms with van der Waals surface area (Å²) in [5, 5.41) is 4.85. The van der Waals surface area contributed by atoms with E-state index in [4.69, 9.17) is 0 Å². The van der Waals surface area contributed by atoms with Gasteiger partial charge in [0.2, 0.25) is 0 Å². The molecule has 4 heteroatoms. The van der Waals surface area contributed by atoms with E-state index in [-0.39, 0.29) is 0 Å². The van der Waals surface area contributed by atoms with Crippen molar-refractivity contribution in [3.8, 4) is 0 Å². The number of likely N-dealkylation sites (tertiary alicyclic amines) is 1. The van der Waals surface area contributed by atoms with Crippen LogP contribution in [0.25, 0.3) is 0 Å². The van der Waals surface area contributed by atoms with Gasteiger partial charge in [0.05, 0.1) is 0 Å². The highest BCUT2D eigenvalue weighted by Crippen LogP contribution is 2.17. The molecule has 1 fully saturated rings. The molecular formula is C12H21N3S. The highest BCUT2D eigenvalue weighted by Gasteiger charge is 2.23. The smallest absolute Gasteiger partial charge is 0.107 e. The minimum atomic E-state index is 0.653. The van der Waals surface area contributed by atoms with Crippen molar-refractivity contribution in [2.24, 2.45) is 5.92 Å². The van der Waals surface area contributed by atoms with Crippen LogP contribution in [0, 0.1) is 12.8 Å². The van der Waals surface area contributed by atoms with Crippen LogP contribution in [0.4, 0.5) is 0 Å². The molecule has 2 unspecified atom stereocenters. The summed E-state index contributed by atoms with van der Waals surface area (Å²) >= 11 is 1.79. The summed E-state index contributed by atoms with van der Waals surface area (Å²) in [6.45, 7) is 7.78. The van der Waals surface area contributed by atoms with Crippen molar-refractivity contribution >= 4 is 11.3 Å². The zero-order valence-corrected chi connectivity index (χ0v) is 11.2. The largest absolute Gasteiger partial charge is 0.307 e. The molecule has 0 bridgehead atoms. The highest BCUT2D eigenvalue weighted by molar-refractivity contribution is 7.11. The van der Waals surface area contributed by atoms with Gasteiger partial charge in [-0.05, 0) is 32.9 Å². The summed E-state index contributed by atoms with van der Waals surface area (Å²) in [7, 11) is 2.21. The summed E-state index contributed by atoms with van der Waals surface area (Å²) in [5.41, 5.74) is 0. The molecular weight excluding hydrogens is 218 g/mol. The van der Waals surface area contributed by atoms with Gasteiger partial charge in [0.1, 0.15) is 5.01 Å². The summed E-state index contributed by atoms with van der Waals surface area (Å²) in [5.74, 6) is 0.736. The van der Waals surface area contributed by atoms with E-state index in [9.17, 15) is 0 Å². The molecule has 1 aliphatic heterocycles. The molecule has 3 nitrogen and oxygen atoms in total. The first-order valence-corrected chi connectivity index (χ1v) is 6.80. The fraction of sp³-hybridized carbons (Fsp3) is 0.750. The Kier molecular flexibility index (Phi) is 3.95. The van der Waals surface area contributed by atoms with Gasteiger partial charge in [-0.1, -0.05) is 6.92 Å². The predicted molar refractivity (Wildman–Crippen MR) is 68.8 cm³/mol. The van der Waals surface area contributed by atoms with Crippen LogP contribution in [0.1, 0.15) is 23.2 Å². The Morgan fingerprint density at radius 1 is 1.62 bits per heavy atom. The first-order chi connectivity index (χ1) is 7.65. The van der Waals surface area contributed by atoms with Crippen molar-refractivity contribution in [1.29, 1.82) is 0 Å². The normalized spacial score (nSPS) is 27.2. The number of rotatable bonds is 3. The fourth-order valence-corrected chi connectivity index (χ4v) is 3.10. The first kappa shape index (κ1) is 12.0. The van der Waals surface area contributed by atoms with E-state index in [2.05, 4.69) is 36.1 Å². The average molecular weight is 239 g/mol. The quantitative estimate of drug-likeness (QED) is 0.873.